The second-order valence-corrected chi connectivity index (χ2v) is 23.6. The van der Waals surface area contributed by atoms with Crippen LogP contribution in [0.3, 0.4) is 0 Å². The molecule has 2 unspecified atom stereocenters. The highest BCUT2D eigenvalue weighted by Gasteiger charge is 2.27. The lowest BCUT2D eigenvalue weighted by molar-refractivity contribution is -0.870. The Kier molecular flexibility index (Phi) is 52.7. The van der Waals surface area contributed by atoms with E-state index in [0.29, 0.717) is 23.9 Å². The van der Waals surface area contributed by atoms with Gasteiger partial charge in [-0.1, -0.05) is 269 Å². The third kappa shape index (κ3) is 57.5. The number of quaternary nitrogens is 1. The maximum absolute atomic E-state index is 12.8. The lowest BCUT2D eigenvalue weighted by atomic mass is 10.0. The molecule has 0 saturated carbocycles. The van der Waals surface area contributed by atoms with E-state index in [1.54, 1.807) is 0 Å². The summed E-state index contributed by atoms with van der Waals surface area (Å²) in [6.07, 6.45) is 66.8. The average Bonchev–Trinajstić information content (AvgIpc) is 3.34. The maximum atomic E-state index is 12.8. The van der Waals surface area contributed by atoms with Crippen molar-refractivity contribution in [1.29, 1.82) is 0 Å². The number of phosphoric acid groups is 1. The molecule has 0 aliphatic rings. The van der Waals surface area contributed by atoms with E-state index in [1.165, 1.54) is 218 Å². The second kappa shape index (κ2) is 54.0. The number of ether oxygens (including phenoxy) is 2. The number of carbonyl (C=O) groups excluding carboxylic acids is 2. The number of carbonyl (C=O) groups is 2. The average molecular weight is 1040 g/mol. The van der Waals surface area contributed by atoms with Gasteiger partial charge < -0.3 is 18.9 Å². The van der Waals surface area contributed by atoms with Crippen LogP contribution >= 0.6 is 7.82 Å². The Labute approximate surface area is 446 Å². The SMILES string of the molecule is CCCCCCC/C=C\C/C=C\C/C=C\CCCCCCCCCCCCCCCCCCCCCCCCC(=O)OC(COC(=O)CCCCCCCCCCCCC)COP(=O)(O)OCC[N+](C)(C)C. The van der Waals surface area contributed by atoms with Crippen LogP contribution in [0.4, 0.5) is 0 Å². The van der Waals surface area contributed by atoms with E-state index in [9.17, 15) is 19.0 Å². The van der Waals surface area contributed by atoms with E-state index in [2.05, 4.69) is 50.3 Å². The molecule has 0 heterocycles. The third-order valence-corrected chi connectivity index (χ3v) is 14.7. The molecule has 72 heavy (non-hydrogen) atoms. The van der Waals surface area contributed by atoms with Crippen molar-refractivity contribution < 1.29 is 42.1 Å². The number of esters is 2. The van der Waals surface area contributed by atoms with Crippen LogP contribution in [-0.2, 0) is 32.7 Å². The standard InChI is InChI=1S/C62H118NO8P/c1-6-8-10-12-14-16-18-19-20-21-22-23-24-25-26-27-28-29-30-31-32-33-34-35-36-37-38-39-40-41-42-43-45-47-49-51-53-55-62(65)71-60(59-70-72(66,67)69-57-56-63(3,4)5)58-68-61(64)54-52-50-48-46-44-17-15-13-11-9-7-2/h18-19,21-22,24-25,60H,6-17,20,23,26-59H2,1-5H3/p+1/b19-18-,22-21-,25-24-. The van der Waals surface area contributed by atoms with Gasteiger partial charge >= 0.3 is 19.8 Å². The van der Waals surface area contributed by atoms with Gasteiger partial charge in [0.15, 0.2) is 6.10 Å². The molecule has 0 aromatic rings. The summed E-state index contributed by atoms with van der Waals surface area (Å²) in [5.74, 6) is -0.784. The summed E-state index contributed by atoms with van der Waals surface area (Å²) in [6, 6.07) is 0. The van der Waals surface area contributed by atoms with Crippen molar-refractivity contribution in [3.05, 3.63) is 36.5 Å². The Balaban J connectivity index is 3.88. The molecule has 0 aliphatic heterocycles. The van der Waals surface area contributed by atoms with Gasteiger partial charge in [0.05, 0.1) is 27.7 Å². The van der Waals surface area contributed by atoms with Gasteiger partial charge in [-0.3, -0.25) is 18.6 Å². The van der Waals surface area contributed by atoms with Crippen molar-refractivity contribution in [2.75, 3.05) is 47.5 Å². The maximum Gasteiger partial charge on any atom is 0.472 e. The number of unbranched alkanes of at least 4 members (excludes halogenated alkanes) is 37. The summed E-state index contributed by atoms with van der Waals surface area (Å²) >= 11 is 0. The third-order valence-electron chi connectivity index (χ3n) is 13.7. The molecule has 424 valence electrons. The van der Waals surface area contributed by atoms with Crippen molar-refractivity contribution in [2.24, 2.45) is 0 Å². The van der Waals surface area contributed by atoms with Crippen LogP contribution in [0.25, 0.3) is 0 Å². The highest BCUT2D eigenvalue weighted by atomic mass is 31.2. The van der Waals surface area contributed by atoms with Crippen LogP contribution < -0.4 is 0 Å². The summed E-state index contributed by atoms with van der Waals surface area (Å²) in [6.45, 7) is 4.45. The van der Waals surface area contributed by atoms with Gasteiger partial charge in [-0.2, -0.15) is 0 Å². The zero-order chi connectivity index (χ0) is 52.7. The molecule has 0 aromatic heterocycles. The fourth-order valence-electron chi connectivity index (χ4n) is 8.91. The molecule has 0 bridgehead atoms. The molecule has 9 nitrogen and oxygen atoms in total. The van der Waals surface area contributed by atoms with Crippen LogP contribution in [0.2, 0.25) is 0 Å². The first-order chi connectivity index (χ1) is 35.0. The lowest BCUT2D eigenvalue weighted by Gasteiger charge is -2.24. The lowest BCUT2D eigenvalue weighted by Crippen LogP contribution is -2.37. The van der Waals surface area contributed by atoms with Crippen molar-refractivity contribution in [1.82, 2.24) is 0 Å². The van der Waals surface area contributed by atoms with Crippen molar-refractivity contribution in [2.45, 2.75) is 302 Å². The minimum Gasteiger partial charge on any atom is -0.462 e. The Morgan fingerprint density at radius 1 is 0.431 bits per heavy atom. The first-order valence-corrected chi connectivity index (χ1v) is 32.2. The molecule has 0 aromatic carbocycles. The largest absolute Gasteiger partial charge is 0.472 e. The topological polar surface area (TPSA) is 108 Å². The number of likely N-dealkylation sites (N-methyl/N-ethyl adjacent to an activating group) is 1. The van der Waals surface area contributed by atoms with Crippen LogP contribution in [0.1, 0.15) is 296 Å². The first kappa shape index (κ1) is 70.2. The number of phosphoric ester groups is 1. The molecule has 0 radical (unpaired) electrons. The van der Waals surface area contributed by atoms with Crippen LogP contribution in [0.15, 0.2) is 36.5 Å². The summed E-state index contributed by atoms with van der Waals surface area (Å²) in [4.78, 5) is 35.6. The molecule has 0 saturated heterocycles. The van der Waals surface area contributed by atoms with Gasteiger partial charge in [-0.25, -0.2) is 4.57 Å². The Morgan fingerprint density at radius 3 is 1.11 bits per heavy atom. The minimum absolute atomic E-state index is 0.0349. The smallest absolute Gasteiger partial charge is 0.462 e. The van der Waals surface area contributed by atoms with Crippen LogP contribution in [0, 0.1) is 0 Å². The molecule has 1 N–H and O–H groups in total. The fourth-order valence-corrected chi connectivity index (χ4v) is 9.65. The molecule has 0 amide bonds. The molecule has 0 aliphatic carbocycles. The Bertz CT molecular complexity index is 1310. The highest BCUT2D eigenvalue weighted by molar-refractivity contribution is 7.47. The van der Waals surface area contributed by atoms with E-state index >= 15 is 0 Å². The number of nitrogens with zero attached hydrogens (tertiary/aromatic N) is 1. The van der Waals surface area contributed by atoms with Gasteiger partial charge in [-0.15, -0.1) is 0 Å². The zero-order valence-corrected chi connectivity index (χ0v) is 49.1. The summed E-state index contributed by atoms with van der Waals surface area (Å²) in [5, 5.41) is 0. The van der Waals surface area contributed by atoms with E-state index in [4.69, 9.17) is 18.5 Å². The van der Waals surface area contributed by atoms with E-state index in [-0.39, 0.29) is 25.6 Å². The zero-order valence-electron chi connectivity index (χ0n) is 48.2. The fraction of sp³-hybridized carbons (Fsp3) is 0.871. The van der Waals surface area contributed by atoms with Gasteiger partial charge in [0.25, 0.3) is 0 Å². The van der Waals surface area contributed by atoms with Gasteiger partial charge in [0, 0.05) is 12.8 Å². The second-order valence-electron chi connectivity index (χ2n) is 22.1. The number of rotatable bonds is 57. The van der Waals surface area contributed by atoms with Crippen molar-refractivity contribution in [3.8, 4) is 0 Å². The highest BCUT2D eigenvalue weighted by Crippen LogP contribution is 2.43. The predicted molar refractivity (Wildman–Crippen MR) is 307 cm³/mol. The number of hydrogen-bond acceptors (Lipinski definition) is 7. The van der Waals surface area contributed by atoms with E-state index in [1.807, 2.05) is 21.1 Å². The molecular formula is C62H119NO8P+. The van der Waals surface area contributed by atoms with Crippen molar-refractivity contribution in [3.63, 3.8) is 0 Å². The number of allylic oxidation sites excluding steroid dienone is 6. The van der Waals surface area contributed by atoms with Gasteiger partial charge in [0.2, 0.25) is 0 Å². The van der Waals surface area contributed by atoms with Gasteiger partial charge in [-0.05, 0) is 51.4 Å². The molecule has 0 rings (SSSR count). The molecule has 2 atom stereocenters. The number of hydrogen-bond donors (Lipinski definition) is 1. The molecule has 10 heteroatoms. The van der Waals surface area contributed by atoms with Crippen LogP contribution in [-0.4, -0.2) is 74.9 Å². The first-order valence-electron chi connectivity index (χ1n) is 30.7. The molecule has 0 fully saturated rings. The summed E-state index contributed by atoms with van der Waals surface area (Å²) in [7, 11) is 1.49. The monoisotopic (exact) mass is 1040 g/mol. The Hall–Kier alpha value is -1.77. The van der Waals surface area contributed by atoms with Crippen molar-refractivity contribution >= 4 is 19.8 Å². The van der Waals surface area contributed by atoms with E-state index in [0.717, 1.165) is 44.9 Å². The van der Waals surface area contributed by atoms with Crippen LogP contribution in [0.5, 0.6) is 0 Å². The minimum atomic E-state index is -4.38. The summed E-state index contributed by atoms with van der Waals surface area (Å²) in [5.41, 5.74) is 0. The molecular weight excluding hydrogens is 918 g/mol. The molecule has 0 spiro atoms. The predicted octanol–water partition coefficient (Wildman–Crippen LogP) is 19.2. The quantitative estimate of drug-likeness (QED) is 0.0211. The Morgan fingerprint density at radius 2 is 0.750 bits per heavy atom. The normalized spacial score (nSPS) is 13.5. The van der Waals surface area contributed by atoms with Gasteiger partial charge in [0.1, 0.15) is 19.8 Å². The summed E-state index contributed by atoms with van der Waals surface area (Å²) < 4.78 is 34.5. The van der Waals surface area contributed by atoms with E-state index < -0.39 is 26.5 Å².